The molecule has 1 amide bonds. The number of carboxylic acid groups (broad SMARTS) is 1. The van der Waals surface area contributed by atoms with Crippen molar-refractivity contribution in [1.29, 1.82) is 0 Å². The number of amides is 1. The number of nitrogens with one attached hydrogen (secondary N) is 1. The van der Waals surface area contributed by atoms with Gasteiger partial charge in [-0.15, -0.1) is 0 Å². The second kappa shape index (κ2) is 5.27. The Morgan fingerprint density at radius 1 is 1.37 bits per heavy atom. The zero-order chi connectivity index (χ0) is 13.9. The highest BCUT2D eigenvalue weighted by Gasteiger charge is 2.53. The highest BCUT2D eigenvalue weighted by molar-refractivity contribution is 6.03. The molecule has 102 valence electrons. The summed E-state index contributed by atoms with van der Waals surface area (Å²) in [6.45, 7) is 0.130. The zero-order valence-corrected chi connectivity index (χ0v) is 10.5. The first-order chi connectivity index (χ1) is 9.08. The SMILES string of the molecule is COc1ccc(CNC(=O)C2(C(=O)O)COC2)cc1. The van der Waals surface area contributed by atoms with Crippen LogP contribution in [0, 0.1) is 5.41 Å². The highest BCUT2D eigenvalue weighted by Crippen LogP contribution is 2.28. The first-order valence-electron chi connectivity index (χ1n) is 5.81. The molecule has 1 heterocycles. The molecule has 0 radical (unpaired) electrons. The smallest absolute Gasteiger partial charge is 0.324 e. The van der Waals surface area contributed by atoms with E-state index in [1.165, 1.54) is 0 Å². The maximum absolute atomic E-state index is 11.9. The van der Waals surface area contributed by atoms with Crippen molar-refractivity contribution in [2.24, 2.45) is 5.41 Å². The van der Waals surface area contributed by atoms with Crippen LogP contribution in [0.2, 0.25) is 0 Å². The summed E-state index contributed by atoms with van der Waals surface area (Å²) in [7, 11) is 1.57. The number of carbonyl (C=O) groups excluding carboxylic acids is 1. The first kappa shape index (κ1) is 13.4. The molecule has 0 saturated carbocycles. The third-order valence-corrected chi connectivity index (χ3v) is 3.15. The summed E-state index contributed by atoms with van der Waals surface area (Å²) in [4.78, 5) is 23.0. The molecule has 1 aliphatic heterocycles. The number of aliphatic carboxylic acids is 1. The molecular weight excluding hydrogens is 250 g/mol. The van der Waals surface area contributed by atoms with E-state index < -0.39 is 17.3 Å². The van der Waals surface area contributed by atoms with E-state index in [4.69, 9.17) is 14.6 Å². The average molecular weight is 265 g/mol. The third-order valence-electron chi connectivity index (χ3n) is 3.15. The van der Waals surface area contributed by atoms with Gasteiger partial charge in [0, 0.05) is 6.54 Å². The molecule has 6 nitrogen and oxygen atoms in total. The fraction of sp³-hybridized carbons (Fsp3) is 0.385. The van der Waals surface area contributed by atoms with E-state index in [0.29, 0.717) is 0 Å². The molecule has 2 N–H and O–H groups in total. The maximum Gasteiger partial charge on any atom is 0.324 e. The van der Waals surface area contributed by atoms with Crippen LogP contribution in [0.3, 0.4) is 0 Å². The van der Waals surface area contributed by atoms with Crippen LogP contribution in [-0.2, 0) is 20.9 Å². The number of carboxylic acids is 1. The summed E-state index contributed by atoms with van der Waals surface area (Å²) in [6.07, 6.45) is 0. The molecule has 1 saturated heterocycles. The van der Waals surface area contributed by atoms with E-state index in [2.05, 4.69) is 5.32 Å². The van der Waals surface area contributed by atoms with Gasteiger partial charge in [-0.2, -0.15) is 0 Å². The molecule has 19 heavy (non-hydrogen) atoms. The minimum absolute atomic E-state index is 0.0726. The summed E-state index contributed by atoms with van der Waals surface area (Å²) in [5.74, 6) is -0.933. The predicted molar refractivity (Wildman–Crippen MR) is 65.7 cm³/mol. The number of carbonyl (C=O) groups is 2. The Kier molecular flexibility index (Phi) is 3.71. The average Bonchev–Trinajstić information content (AvgIpc) is 2.35. The second-order valence-electron chi connectivity index (χ2n) is 4.41. The van der Waals surface area contributed by atoms with Gasteiger partial charge in [-0.05, 0) is 17.7 Å². The van der Waals surface area contributed by atoms with Crippen molar-refractivity contribution in [1.82, 2.24) is 5.32 Å². The molecule has 1 aromatic carbocycles. The number of hydrogen-bond donors (Lipinski definition) is 2. The maximum atomic E-state index is 11.9. The summed E-state index contributed by atoms with van der Waals surface area (Å²) in [5, 5.41) is 11.7. The van der Waals surface area contributed by atoms with E-state index >= 15 is 0 Å². The summed E-state index contributed by atoms with van der Waals surface area (Å²) < 4.78 is 9.87. The number of benzene rings is 1. The van der Waals surface area contributed by atoms with Crippen molar-refractivity contribution in [2.75, 3.05) is 20.3 Å². The fourth-order valence-corrected chi connectivity index (χ4v) is 1.75. The van der Waals surface area contributed by atoms with Gasteiger partial charge in [0.2, 0.25) is 5.91 Å². The van der Waals surface area contributed by atoms with Crippen LogP contribution in [0.15, 0.2) is 24.3 Å². The Labute approximate surface area is 110 Å². The van der Waals surface area contributed by atoms with Gasteiger partial charge >= 0.3 is 5.97 Å². The summed E-state index contributed by atoms with van der Waals surface area (Å²) in [6, 6.07) is 7.18. The van der Waals surface area contributed by atoms with Crippen LogP contribution in [-0.4, -0.2) is 37.3 Å². The van der Waals surface area contributed by atoms with Gasteiger partial charge < -0.3 is 19.9 Å². The highest BCUT2D eigenvalue weighted by atomic mass is 16.5. The minimum atomic E-state index is -1.42. The Bertz CT molecular complexity index is 478. The van der Waals surface area contributed by atoms with Crippen molar-refractivity contribution in [3.63, 3.8) is 0 Å². The number of hydrogen-bond acceptors (Lipinski definition) is 4. The van der Waals surface area contributed by atoms with E-state index in [1.807, 2.05) is 12.1 Å². The van der Waals surface area contributed by atoms with Crippen LogP contribution in [0.5, 0.6) is 5.75 Å². The van der Waals surface area contributed by atoms with Crippen LogP contribution in [0.4, 0.5) is 0 Å². The second-order valence-corrected chi connectivity index (χ2v) is 4.41. The topological polar surface area (TPSA) is 84.9 Å². The van der Waals surface area contributed by atoms with Crippen molar-refractivity contribution in [2.45, 2.75) is 6.54 Å². The van der Waals surface area contributed by atoms with E-state index in [1.54, 1.807) is 19.2 Å². The van der Waals surface area contributed by atoms with Crippen LogP contribution in [0.1, 0.15) is 5.56 Å². The molecule has 0 aromatic heterocycles. The molecule has 0 aliphatic carbocycles. The Balaban J connectivity index is 1.94. The summed E-state index contributed by atoms with van der Waals surface area (Å²) >= 11 is 0. The molecule has 2 rings (SSSR count). The van der Waals surface area contributed by atoms with Gasteiger partial charge in [-0.3, -0.25) is 9.59 Å². The van der Waals surface area contributed by atoms with Gasteiger partial charge in [0.05, 0.1) is 20.3 Å². The third kappa shape index (κ3) is 2.53. The first-order valence-corrected chi connectivity index (χ1v) is 5.81. The van der Waals surface area contributed by atoms with Gasteiger partial charge in [0.25, 0.3) is 0 Å². The molecule has 1 fully saturated rings. The van der Waals surface area contributed by atoms with Gasteiger partial charge in [0.15, 0.2) is 5.41 Å². The Morgan fingerprint density at radius 3 is 2.42 bits per heavy atom. The quantitative estimate of drug-likeness (QED) is 0.753. The monoisotopic (exact) mass is 265 g/mol. The van der Waals surface area contributed by atoms with Crippen molar-refractivity contribution < 1.29 is 24.2 Å². The lowest BCUT2D eigenvalue weighted by molar-refractivity contribution is -0.185. The summed E-state index contributed by atoms with van der Waals surface area (Å²) in [5.41, 5.74) is -0.554. The molecule has 0 atom stereocenters. The Morgan fingerprint density at radius 2 is 2.00 bits per heavy atom. The number of ether oxygens (including phenoxy) is 2. The van der Waals surface area contributed by atoms with Crippen molar-refractivity contribution in [3.05, 3.63) is 29.8 Å². The number of rotatable bonds is 5. The number of methoxy groups -OCH3 is 1. The zero-order valence-electron chi connectivity index (χ0n) is 10.5. The van der Waals surface area contributed by atoms with E-state index in [0.717, 1.165) is 11.3 Å². The molecule has 1 aliphatic rings. The molecule has 0 unspecified atom stereocenters. The molecule has 6 heteroatoms. The lowest BCUT2D eigenvalue weighted by Crippen LogP contribution is -2.58. The molecule has 1 aromatic rings. The van der Waals surface area contributed by atoms with Crippen molar-refractivity contribution >= 4 is 11.9 Å². The lowest BCUT2D eigenvalue weighted by Gasteiger charge is -2.35. The van der Waals surface area contributed by atoms with E-state index in [-0.39, 0.29) is 19.8 Å². The minimum Gasteiger partial charge on any atom is -0.497 e. The standard InChI is InChI=1S/C13H15NO5/c1-18-10-4-2-9(3-5-10)6-14-11(15)13(12(16)17)7-19-8-13/h2-5H,6-8H2,1H3,(H,14,15)(H,16,17). The molecule has 0 bridgehead atoms. The lowest BCUT2D eigenvalue weighted by atomic mass is 9.85. The van der Waals surface area contributed by atoms with Crippen LogP contribution in [0.25, 0.3) is 0 Å². The van der Waals surface area contributed by atoms with Gasteiger partial charge in [-0.25, -0.2) is 0 Å². The van der Waals surface area contributed by atoms with Crippen LogP contribution >= 0.6 is 0 Å². The Hall–Kier alpha value is -2.08. The largest absolute Gasteiger partial charge is 0.497 e. The fourth-order valence-electron chi connectivity index (χ4n) is 1.75. The molecular formula is C13H15NO5. The predicted octanol–water partition coefficient (Wildman–Crippen LogP) is 0.413. The van der Waals surface area contributed by atoms with Crippen LogP contribution < -0.4 is 10.1 Å². The van der Waals surface area contributed by atoms with Gasteiger partial charge in [-0.1, -0.05) is 12.1 Å². The molecule has 0 spiro atoms. The van der Waals surface area contributed by atoms with Crippen molar-refractivity contribution in [3.8, 4) is 5.75 Å². The van der Waals surface area contributed by atoms with Gasteiger partial charge in [0.1, 0.15) is 5.75 Å². The normalized spacial score (nSPS) is 16.3. The van der Waals surface area contributed by atoms with E-state index in [9.17, 15) is 9.59 Å².